The first-order valence-electron chi connectivity index (χ1n) is 6.04. The molecule has 1 aromatic heterocycles. The zero-order valence-electron chi connectivity index (χ0n) is 10.9. The molecule has 0 aliphatic rings. The minimum atomic E-state index is -3.19. The molecule has 1 atom stereocenters. The molecule has 0 aliphatic carbocycles. The van der Waals surface area contributed by atoms with Gasteiger partial charge in [-0.2, -0.15) is 0 Å². The van der Waals surface area contributed by atoms with Gasteiger partial charge in [-0.15, -0.1) is 0 Å². The minimum Gasteiger partial charge on any atom is -0.319 e. The van der Waals surface area contributed by atoms with Crippen LogP contribution in [0.3, 0.4) is 0 Å². The van der Waals surface area contributed by atoms with Crippen molar-refractivity contribution in [3.05, 3.63) is 30.1 Å². The van der Waals surface area contributed by atoms with Gasteiger partial charge >= 0.3 is 0 Å². The topological polar surface area (TPSA) is 71.1 Å². The third kappa shape index (κ3) is 6.09. The Morgan fingerprint density at radius 1 is 1.28 bits per heavy atom. The molecule has 102 valence electrons. The van der Waals surface area contributed by atoms with E-state index in [1.807, 2.05) is 26.1 Å². The van der Waals surface area contributed by atoms with Gasteiger partial charge in [-0.25, -0.2) is 13.1 Å². The largest absolute Gasteiger partial charge is 0.319 e. The summed E-state index contributed by atoms with van der Waals surface area (Å²) in [5.74, 6) is 0.397. The van der Waals surface area contributed by atoms with Gasteiger partial charge in [0.1, 0.15) is 0 Å². The van der Waals surface area contributed by atoms with Gasteiger partial charge in [-0.3, -0.25) is 4.98 Å². The van der Waals surface area contributed by atoms with Crippen molar-refractivity contribution in [3.63, 3.8) is 0 Å². The van der Waals surface area contributed by atoms with E-state index in [1.165, 1.54) is 0 Å². The summed E-state index contributed by atoms with van der Waals surface area (Å²) < 4.78 is 26.2. The number of sulfonamides is 1. The standard InChI is InChI=1S/C12H21N3O2S/c1-11(9-13-2)10-15-18(16,17)8-5-12-3-6-14-7-4-12/h3-4,6-7,11,13,15H,5,8-10H2,1-2H3. The van der Waals surface area contributed by atoms with Crippen molar-refractivity contribution in [3.8, 4) is 0 Å². The molecule has 1 unspecified atom stereocenters. The van der Waals surface area contributed by atoms with Crippen LogP contribution in [0.4, 0.5) is 0 Å². The third-order valence-corrected chi connectivity index (χ3v) is 3.96. The summed E-state index contributed by atoms with van der Waals surface area (Å²) in [6.07, 6.45) is 3.85. The van der Waals surface area contributed by atoms with Gasteiger partial charge in [-0.05, 0) is 43.6 Å². The summed E-state index contributed by atoms with van der Waals surface area (Å²) in [6, 6.07) is 3.66. The number of nitrogens with one attached hydrogen (secondary N) is 2. The Labute approximate surface area is 109 Å². The molecule has 6 heteroatoms. The molecule has 0 radical (unpaired) electrons. The number of hydrogen-bond acceptors (Lipinski definition) is 4. The van der Waals surface area contributed by atoms with E-state index in [0.717, 1.165) is 12.1 Å². The van der Waals surface area contributed by atoms with Gasteiger partial charge in [0.05, 0.1) is 5.75 Å². The maximum Gasteiger partial charge on any atom is 0.211 e. The first kappa shape index (κ1) is 15.1. The van der Waals surface area contributed by atoms with Crippen molar-refractivity contribution >= 4 is 10.0 Å². The zero-order valence-corrected chi connectivity index (χ0v) is 11.7. The maximum absolute atomic E-state index is 11.8. The number of hydrogen-bond donors (Lipinski definition) is 2. The lowest BCUT2D eigenvalue weighted by molar-refractivity contribution is 0.519. The van der Waals surface area contributed by atoms with E-state index in [4.69, 9.17) is 0 Å². The molecule has 0 aromatic carbocycles. The van der Waals surface area contributed by atoms with Crippen LogP contribution in [0.15, 0.2) is 24.5 Å². The van der Waals surface area contributed by atoms with Crippen LogP contribution in [0.25, 0.3) is 0 Å². The smallest absolute Gasteiger partial charge is 0.211 e. The highest BCUT2D eigenvalue weighted by molar-refractivity contribution is 7.89. The van der Waals surface area contributed by atoms with Crippen LogP contribution in [0, 0.1) is 5.92 Å². The van der Waals surface area contributed by atoms with Crippen molar-refractivity contribution in [2.45, 2.75) is 13.3 Å². The highest BCUT2D eigenvalue weighted by atomic mass is 32.2. The second kappa shape index (κ2) is 7.45. The van der Waals surface area contributed by atoms with Crippen molar-refractivity contribution in [1.82, 2.24) is 15.0 Å². The van der Waals surface area contributed by atoms with Crippen LogP contribution >= 0.6 is 0 Å². The second-order valence-electron chi connectivity index (χ2n) is 4.44. The van der Waals surface area contributed by atoms with E-state index in [0.29, 0.717) is 13.0 Å². The number of aromatic nitrogens is 1. The fourth-order valence-electron chi connectivity index (χ4n) is 1.56. The molecule has 5 nitrogen and oxygen atoms in total. The predicted octanol–water partition coefficient (Wildman–Crippen LogP) is 0.399. The molecule has 1 aromatic rings. The van der Waals surface area contributed by atoms with E-state index in [1.54, 1.807) is 12.4 Å². The summed E-state index contributed by atoms with van der Waals surface area (Å²) >= 11 is 0. The fraction of sp³-hybridized carbons (Fsp3) is 0.583. The van der Waals surface area contributed by atoms with Gasteiger partial charge in [0, 0.05) is 18.9 Å². The molecule has 0 fully saturated rings. The SMILES string of the molecule is CNCC(C)CNS(=O)(=O)CCc1ccncc1. The van der Waals surface area contributed by atoms with E-state index in [9.17, 15) is 8.42 Å². The van der Waals surface area contributed by atoms with Crippen molar-refractivity contribution in [2.75, 3.05) is 25.9 Å². The first-order chi connectivity index (χ1) is 8.53. The molecule has 0 saturated heterocycles. The van der Waals surface area contributed by atoms with Crippen LogP contribution < -0.4 is 10.0 Å². The minimum absolute atomic E-state index is 0.114. The molecule has 18 heavy (non-hydrogen) atoms. The lowest BCUT2D eigenvalue weighted by atomic mass is 10.2. The summed E-state index contributed by atoms with van der Waals surface area (Å²) in [5, 5.41) is 3.02. The molecule has 2 N–H and O–H groups in total. The van der Waals surface area contributed by atoms with Gasteiger partial charge in [0.2, 0.25) is 10.0 Å². The van der Waals surface area contributed by atoms with Crippen molar-refractivity contribution < 1.29 is 8.42 Å². The van der Waals surface area contributed by atoms with Crippen LogP contribution in [0.1, 0.15) is 12.5 Å². The zero-order chi connectivity index (χ0) is 13.4. The van der Waals surface area contributed by atoms with E-state index in [-0.39, 0.29) is 11.7 Å². The van der Waals surface area contributed by atoms with Crippen molar-refractivity contribution in [2.24, 2.45) is 5.92 Å². The Morgan fingerprint density at radius 3 is 2.56 bits per heavy atom. The molecule has 0 bridgehead atoms. The van der Waals surface area contributed by atoms with Crippen LogP contribution in [-0.2, 0) is 16.4 Å². The molecule has 0 aliphatic heterocycles. The lowest BCUT2D eigenvalue weighted by Crippen LogP contribution is -2.34. The summed E-state index contributed by atoms with van der Waals surface area (Å²) in [6.45, 7) is 3.27. The van der Waals surface area contributed by atoms with Crippen LogP contribution in [0.5, 0.6) is 0 Å². The average molecular weight is 271 g/mol. The second-order valence-corrected chi connectivity index (χ2v) is 6.36. The average Bonchev–Trinajstić information content (AvgIpc) is 2.36. The molecular weight excluding hydrogens is 250 g/mol. The van der Waals surface area contributed by atoms with Gasteiger partial charge in [0.15, 0.2) is 0 Å². The summed E-state index contributed by atoms with van der Waals surface area (Å²) in [7, 11) is -1.34. The number of rotatable bonds is 8. The van der Waals surface area contributed by atoms with Gasteiger partial charge in [0.25, 0.3) is 0 Å². The quantitative estimate of drug-likeness (QED) is 0.718. The first-order valence-corrected chi connectivity index (χ1v) is 7.69. The Morgan fingerprint density at radius 2 is 1.94 bits per heavy atom. The predicted molar refractivity (Wildman–Crippen MR) is 72.8 cm³/mol. The number of pyridine rings is 1. The molecule has 0 saturated carbocycles. The maximum atomic E-state index is 11.8. The Kier molecular flexibility index (Phi) is 6.24. The summed E-state index contributed by atoms with van der Waals surface area (Å²) in [4.78, 5) is 3.90. The Balaban J connectivity index is 2.36. The summed E-state index contributed by atoms with van der Waals surface area (Å²) in [5.41, 5.74) is 0.985. The monoisotopic (exact) mass is 271 g/mol. The molecule has 0 spiro atoms. The molecule has 1 heterocycles. The highest BCUT2D eigenvalue weighted by Gasteiger charge is 2.11. The van der Waals surface area contributed by atoms with E-state index >= 15 is 0 Å². The normalized spacial score (nSPS) is 13.4. The number of nitrogens with zero attached hydrogens (tertiary/aromatic N) is 1. The molecule has 1 rings (SSSR count). The fourth-order valence-corrected chi connectivity index (χ4v) is 2.75. The van der Waals surface area contributed by atoms with E-state index in [2.05, 4.69) is 15.0 Å². The van der Waals surface area contributed by atoms with E-state index < -0.39 is 10.0 Å². The lowest BCUT2D eigenvalue weighted by Gasteiger charge is -2.12. The van der Waals surface area contributed by atoms with Gasteiger partial charge in [-0.1, -0.05) is 6.92 Å². The van der Waals surface area contributed by atoms with Crippen LogP contribution in [0.2, 0.25) is 0 Å². The van der Waals surface area contributed by atoms with Crippen LogP contribution in [-0.4, -0.2) is 39.3 Å². The molecular formula is C12H21N3O2S. The Bertz CT molecular complexity index is 434. The van der Waals surface area contributed by atoms with Gasteiger partial charge < -0.3 is 5.32 Å². The number of aryl methyl sites for hydroxylation is 1. The highest BCUT2D eigenvalue weighted by Crippen LogP contribution is 2.00. The van der Waals surface area contributed by atoms with Crippen molar-refractivity contribution in [1.29, 1.82) is 0 Å². The third-order valence-electron chi connectivity index (χ3n) is 2.61. The molecule has 0 amide bonds. The Hall–Kier alpha value is -0.980.